The Morgan fingerprint density at radius 2 is 1.03 bits per heavy atom. The number of ether oxygens (including phenoxy) is 1. The standard InChI is InChI=1S/C32H42N4O4.C20H27NO3.C16H25N3O2.C3H8.2CH4.I2.H2/c1-30(2,3)21-17-23(20-11-13-31(4,5)14-12-20)33-24-18-25(40-27(21)24)28(37)36-16-15-35(19-32(36,6)7)26-10-8-9-22(34-26)29(38)39;1-19(2,3)13-10-14(12-6-8-20(4,5)9-7-12)21-15-11-16(18(22)23)24-17(13)15;1-15(2,3)21-14(20)12-7-6-8-13(18-12)19-10-9-17-16(4,5)11-19;1-3-2;;;1-2;/h8-10,17-18,20H,11-16,19H2,1-7H3,(H,38,39);10-12H,6-9H2,1-5H3,(H,22,23);6-8,17H,9-11H2,1-5H3;3H2,1-2H3;2*1H4;;1H. The minimum Gasteiger partial charge on any atom is -0.477 e. The Bertz CT molecular complexity index is 3450. The Labute approximate surface area is 575 Å². The number of esters is 1. The van der Waals surface area contributed by atoms with Crippen molar-refractivity contribution in [1.29, 1.82) is 0 Å². The largest absolute Gasteiger partial charge is 0.477 e. The van der Waals surface area contributed by atoms with Crippen LogP contribution in [0.2, 0.25) is 0 Å². The number of carboxylic acids is 2. The number of nitrogens with one attached hydrogen (secondary N) is 1. The Kier molecular flexibility index (Phi) is 27.4. The van der Waals surface area contributed by atoms with Crippen LogP contribution in [0.15, 0.2) is 69.5 Å². The van der Waals surface area contributed by atoms with E-state index < -0.39 is 23.1 Å². The summed E-state index contributed by atoms with van der Waals surface area (Å²) in [4.78, 5) is 73.3. The Morgan fingerprint density at radius 3 is 1.45 bits per heavy atom. The number of nitrogens with zero attached hydrogens (tertiary/aromatic N) is 7. The summed E-state index contributed by atoms with van der Waals surface area (Å²) >= 11 is 4.24. The van der Waals surface area contributed by atoms with Crippen LogP contribution in [0.25, 0.3) is 22.2 Å². The Hall–Kier alpha value is -5.42. The number of halogens is 2. The normalized spacial score (nSPS) is 17.9. The lowest BCUT2D eigenvalue weighted by atomic mass is 9.72. The minimum absolute atomic E-state index is 0. The number of piperazine rings is 2. The van der Waals surface area contributed by atoms with E-state index >= 15 is 0 Å². The molecular formula is C73H112I2N8O9. The van der Waals surface area contributed by atoms with Gasteiger partial charge in [-0.3, -0.25) is 4.79 Å². The number of furan rings is 2. The third kappa shape index (κ3) is 21.0. The van der Waals surface area contributed by atoms with Gasteiger partial charge < -0.3 is 43.8 Å². The van der Waals surface area contributed by atoms with Crippen molar-refractivity contribution in [2.24, 2.45) is 10.8 Å². The molecule has 2 aliphatic heterocycles. The lowest BCUT2D eigenvalue weighted by molar-refractivity contribution is 0.00621. The monoisotopic (exact) mass is 1500 g/mol. The fourth-order valence-electron chi connectivity index (χ4n) is 12.2. The molecule has 0 spiro atoms. The van der Waals surface area contributed by atoms with Crippen LogP contribution >= 0.6 is 37.2 Å². The van der Waals surface area contributed by atoms with E-state index in [9.17, 15) is 29.4 Å². The van der Waals surface area contributed by atoms with Gasteiger partial charge in [0.15, 0.2) is 28.3 Å². The van der Waals surface area contributed by atoms with Gasteiger partial charge in [-0.25, -0.2) is 34.3 Å². The van der Waals surface area contributed by atoms with Crippen molar-refractivity contribution < 1.29 is 44.4 Å². The van der Waals surface area contributed by atoms with Crippen LogP contribution in [0.3, 0.4) is 0 Å². The van der Waals surface area contributed by atoms with E-state index in [0.29, 0.717) is 76.3 Å². The van der Waals surface area contributed by atoms with Crippen LogP contribution in [0.1, 0.15) is 282 Å². The molecular weight excluding hydrogens is 1390 g/mol. The van der Waals surface area contributed by atoms with Crippen LogP contribution in [0, 0.1) is 10.8 Å². The summed E-state index contributed by atoms with van der Waals surface area (Å²) in [6.45, 7) is 44.6. The lowest BCUT2D eigenvalue weighted by Gasteiger charge is -2.47. The van der Waals surface area contributed by atoms with Gasteiger partial charge >= 0.3 is 17.9 Å². The first kappa shape index (κ1) is 79.0. The second-order valence-corrected chi connectivity index (χ2v) is 30.7. The molecule has 0 bridgehead atoms. The van der Waals surface area contributed by atoms with Crippen molar-refractivity contribution >= 4 is 94.9 Å². The zero-order chi connectivity index (χ0) is 67.1. The number of hydrogen-bond acceptors (Lipinski definition) is 14. The molecule has 17 nitrogen and oxygen atoms in total. The number of aromatic nitrogens is 4. The topological polar surface area (TPSA) is 218 Å². The predicted molar refractivity (Wildman–Crippen MR) is 394 cm³/mol. The molecule has 0 radical (unpaired) electrons. The summed E-state index contributed by atoms with van der Waals surface area (Å²) in [6, 6.07) is 18.2. The van der Waals surface area contributed by atoms with Crippen LogP contribution in [-0.2, 0) is 15.6 Å². The van der Waals surface area contributed by atoms with Gasteiger partial charge in [0, 0.05) is 130 Å². The van der Waals surface area contributed by atoms with E-state index in [1.54, 1.807) is 18.2 Å². The van der Waals surface area contributed by atoms with Crippen molar-refractivity contribution in [3.8, 4) is 0 Å². The molecule has 4 aliphatic rings. The number of anilines is 2. The quantitative estimate of drug-likeness (QED) is 0.0953. The summed E-state index contributed by atoms with van der Waals surface area (Å²) in [6.07, 6.45) is 10.6. The number of rotatable bonds is 8. The zero-order valence-electron chi connectivity index (χ0n) is 57.2. The van der Waals surface area contributed by atoms with E-state index in [4.69, 9.17) is 23.5 Å². The van der Waals surface area contributed by atoms with Gasteiger partial charge in [-0.15, -0.1) is 0 Å². The fraction of sp³-hybridized carbons (Fsp3) is 0.616. The summed E-state index contributed by atoms with van der Waals surface area (Å²) in [7, 11) is 0. The summed E-state index contributed by atoms with van der Waals surface area (Å²) < 4.78 is 17.3. The van der Waals surface area contributed by atoms with E-state index in [1.807, 2.05) is 68.7 Å². The van der Waals surface area contributed by atoms with Gasteiger partial charge in [0.05, 0.1) is 5.54 Å². The summed E-state index contributed by atoms with van der Waals surface area (Å²) in [5.74, 6) is -0.0666. The van der Waals surface area contributed by atoms with Crippen molar-refractivity contribution in [1.82, 2.24) is 30.2 Å². The van der Waals surface area contributed by atoms with Crippen molar-refractivity contribution in [2.45, 2.75) is 244 Å². The SMILES string of the molecule is C.C.CC1(C)CCC(c2cc(C(C)(C)C)c3oc(C(=O)N4CCN(c5cccc(C(=O)O)n5)CC4(C)C)cc3n2)CC1.CC1(C)CCC(c2cc(C(C)(C)C)c3oc(C(=O)O)cc3n2)CC1.CC1(C)CN(c2cccc(C(=O)OC(C)(C)C)n2)CCN1.CCC.II.[HH]. The van der Waals surface area contributed by atoms with Gasteiger partial charge in [0.1, 0.15) is 28.3 Å². The molecule has 1 amide bonds. The number of carbonyl (C=O) groups is 4. The molecule has 19 heteroatoms. The molecule has 8 heterocycles. The van der Waals surface area contributed by atoms with Crippen molar-refractivity contribution in [3.05, 3.63) is 106 Å². The van der Waals surface area contributed by atoms with Gasteiger partial charge in [-0.2, -0.15) is 0 Å². The molecule has 0 unspecified atom stereocenters. The molecule has 512 valence electrons. The highest BCUT2D eigenvalue weighted by atomic mass is 128. The van der Waals surface area contributed by atoms with Crippen LogP contribution in [0.5, 0.6) is 0 Å². The highest BCUT2D eigenvalue weighted by Gasteiger charge is 2.40. The maximum atomic E-state index is 13.9. The third-order valence-corrected chi connectivity index (χ3v) is 17.2. The molecule has 2 saturated carbocycles. The highest BCUT2D eigenvalue weighted by Crippen LogP contribution is 2.46. The number of carbonyl (C=O) groups excluding carboxylic acids is 2. The highest BCUT2D eigenvalue weighted by molar-refractivity contribution is 15.0. The van der Waals surface area contributed by atoms with Crippen molar-refractivity contribution in [3.63, 3.8) is 0 Å². The number of fused-ring (bicyclic) bond motifs is 2. The Balaban J connectivity index is 0.000000367. The lowest BCUT2D eigenvalue weighted by Crippen LogP contribution is -2.61. The fourth-order valence-corrected chi connectivity index (χ4v) is 12.2. The number of aromatic carboxylic acids is 2. The third-order valence-electron chi connectivity index (χ3n) is 17.2. The Morgan fingerprint density at radius 1 is 0.609 bits per heavy atom. The number of pyridine rings is 4. The molecule has 2 aliphatic carbocycles. The first-order chi connectivity index (χ1) is 41.8. The van der Waals surface area contributed by atoms with Crippen LogP contribution in [-0.4, -0.2) is 115 Å². The molecule has 0 atom stereocenters. The van der Waals surface area contributed by atoms with Crippen LogP contribution < -0.4 is 15.1 Å². The smallest absolute Gasteiger partial charge is 0.371 e. The maximum Gasteiger partial charge on any atom is 0.371 e. The second kappa shape index (κ2) is 31.9. The average Bonchev–Trinajstić information content (AvgIpc) is 1.68. The van der Waals surface area contributed by atoms with E-state index in [-0.39, 0.29) is 56.0 Å². The number of amides is 1. The zero-order valence-corrected chi connectivity index (χ0v) is 61.5. The van der Waals surface area contributed by atoms with Gasteiger partial charge in [-0.1, -0.05) is 116 Å². The first-order valence-corrected chi connectivity index (χ1v) is 38.3. The van der Waals surface area contributed by atoms with E-state index in [2.05, 4.69) is 166 Å². The summed E-state index contributed by atoms with van der Waals surface area (Å²) in [5, 5.41) is 22.0. The van der Waals surface area contributed by atoms with E-state index in [1.165, 1.54) is 38.2 Å². The van der Waals surface area contributed by atoms with Gasteiger partial charge in [-0.05, 0) is 158 Å². The molecule has 4 fully saturated rings. The molecule has 3 N–H and O–H groups in total. The van der Waals surface area contributed by atoms with Gasteiger partial charge in [0.25, 0.3) is 5.91 Å². The maximum absolute atomic E-state index is 13.9. The number of carboxylic acid groups (broad SMARTS) is 2. The molecule has 2 saturated heterocycles. The summed E-state index contributed by atoms with van der Waals surface area (Å²) in [5.41, 5.74) is 6.93. The first-order valence-electron chi connectivity index (χ1n) is 32.0. The molecule has 6 aromatic heterocycles. The molecule has 0 aromatic carbocycles. The van der Waals surface area contributed by atoms with Crippen LogP contribution in [0.4, 0.5) is 11.6 Å². The minimum atomic E-state index is -1.06. The molecule has 6 aromatic rings. The average molecular weight is 1500 g/mol. The predicted octanol–water partition coefficient (Wildman–Crippen LogP) is 19.1. The van der Waals surface area contributed by atoms with Gasteiger partial charge in [0.2, 0.25) is 5.76 Å². The second-order valence-electron chi connectivity index (χ2n) is 30.7. The molecule has 10 rings (SSSR count). The molecule has 92 heavy (non-hydrogen) atoms. The number of hydrogen-bond donors (Lipinski definition) is 3. The van der Waals surface area contributed by atoms with E-state index in [0.717, 1.165) is 79.2 Å². The van der Waals surface area contributed by atoms with Crippen molar-refractivity contribution in [2.75, 3.05) is 49.1 Å².